The van der Waals surface area contributed by atoms with Crippen LogP contribution in [0.3, 0.4) is 0 Å². The Kier molecular flexibility index (Phi) is 11.7. The van der Waals surface area contributed by atoms with Crippen LogP contribution in [0.25, 0.3) is 0 Å². The van der Waals surface area contributed by atoms with Crippen LogP contribution in [0, 0.1) is 5.92 Å². The van der Waals surface area contributed by atoms with Crippen molar-refractivity contribution >= 4 is 11.9 Å². The Labute approximate surface area is 212 Å². The van der Waals surface area contributed by atoms with Crippen molar-refractivity contribution in [1.29, 1.82) is 0 Å². The molecule has 1 aromatic rings. The lowest BCUT2D eigenvalue weighted by molar-refractivity contribution is -0.137. The third-order valence-electron chi connectivity index (χ3n) is 6.68. The molecule has 2 aliphatic heterocycles. The fourth-order valence-corrected chi connectivity index (χ4v) is 5.06. The molecule has 1 saturated carbocycles. The fourth-order valence-electron chi connectivity index (χ4n) is 5.06. The molecule has 6 nitrogen and oxygen atoms in total. The molecule has 2 N–H and O–H groups in total. The Morgan fingerprint density at radius 1 is 1.08 bits per heavy atom. The van der Waals surface area contributed by atoms with Crippen LogP contribution in [-0.4, -0.2) is 53.7 Å². The van der Waals surface area contributed by atoms with E-state index in [0.29, 0.717) is 24.2 Å². The summed E-state index contributed by atoms with van der Waals surface area (Å²) in [6.07, 6.45) is 1.17. The number of ether oxygens (including phenoxy) is 1. The molecule has 9 heteroatoms. The zero-order chi connectivity index (χ0) is 26.9. The van der Waals surface area contributed by atoms with Gasteiger partial charge in [-0.25, -0.2) is 4.79 Å². The van der Waals surface area contributed by atoms with Gasteiger partial charge in [0.25, 0.3) is 0 Å². The summed E-state index contributed by atoms with van der Waals surface area (Å²) in [6, 6.07) is 2.36. The minimum Gasteiger partial charge on any atom is -0.478 e. The first-order valence-corrected chi connectivity index (χ1v) is 13.2. The predicted molar refractivity (Wildman–Crippen MR) is 133 cm³/mol. The lowest BCUT2D eigenvalue weighted by atomic mass is 9.91. The maximum absolute atomic E-state index is 13.2. The van der Waals surface area contributed by atoms with Crippen molar-refractivity contribution in [3.8, 4) is 0 Å². The van der Waals surface area contributed by atoms with E-state index in [1.165, 1.54) is 6.42 Å². The second-order valence-corrected chi connectivity index (χ2v) is 9.44. The van der Waals surface area contributed by atoms with Gasteiger partial charge in [-0.2, -0.15) is 13.2 Å². The molecule has 1 aromatic carbocycles. The van der Waals surface area contributed by atoms with E-state index >= 15 is 0 Å². The van der Waals surface area contributed by atoms with Crippen LogP contribution in [0.1, 0.15) is 93.3 Å². The summed E-state index contributed by atoms with van der Waals surface area (Å²) >= 11 is 0. The number of carbonyl (C=O) groups excluding carboxylic acids is 1. The van der Waals surface area contributed by atoms with E-state index in [1.807, 2.05) is 13.8 Å². The molecule has 0 aromatic heterocycles. The van der Waals surface area contributed by atoms with Gasteiger partial charge < -0.3 is 20.1 Å². The smallest absolute Gasteiger partial charge is 0.416 e. The Morgan fingerprint density at radius 3 is 2.31 bits per heavy atom. The monoisotopic (exact) mass is 514 g/mol. The van der Waals surface area contributed by atoms with Crippen LogP contribution < -0.4 is 5.32 Å². The lowest BCUT2D eigenvalue weighted by Crippen LogP contribution is -2.42. The first-order valence-electron chi connectivity index (χ1n) is 13.2. The Bertz CT molecular complexity index is 869. The average Bonchev–Trinajstić information content (AvgIpc) is 3.32. The summed E-state index contributed by atoms with van der Waals surface area (Å²) in [5.74, 6) is -1.57. The predicted octanol–water partition coefficient (Wildman–Crippen LogP) is 5.67. The zero-order valence-corrected chi connectivity index (χ0v) is 21.9. The van der Waals surface area contributed by atoms with E-state index in [0.717, 1.165) is 51.4 Å². The summed E-state index contributed by atoms with van der Waals surface area (Å²) in [6.45, 7) is 10.1. The lowest BCUT2D eigenvalue weighted by Gasteiger charge is -2.32. The highest BCUT2D eigenvalue weighted by molar-refractivity contribution is 5.90. The van der Waals surface area contributed by atoms with E-state index in [9.17, 15) is 27.9 Å². The zero-order valence-electron chi connectivity index (χ0n) is 21.9. The van der Waals surface area contributed by atoms with Crippen LogP contribution in [0.15, 0.2) is 12.1 Å². The molecule has 204 valence electrons. The number of carboxylic acids is 1. The molecule has 4 rings (SSSR count). The number of benzene rings is 1. The van der Waals surface area contributed by atoms with Gasteiger partial charge in [0.2, 0.25) is 5.91 Å². The molecule has 0 spiro atoms. The van der Waals surface area contributed by atoms with Crippen LogP contribution in [0.2, 0.25) is 0 Å². The highest BCUT2D eigenvalue weighted by atomic mass is 19.4. The minimum atomic E-state index is -4.64. The van der Waals surface area contributed by atoms with Crippen molar-refractivity contribution in [3.63, 3.8) is 0 Å². The van der Waals surface area contributed by atoms with Crippen molar-refractivity contribution in [3.05, 3.63) is 34.4 Å². The molecule has 2 unspecified atom stereocenters. The second-order valence-electron chi connectivity index (χ2n) is 9.44. The van der Waals surface area contributed by atoms with Gasteiger partial charge in [0.1, 0.15) is 0 Å². The summed E-state index contributed by atoms with van der Waals surface area (Å²) < 4.78 is 45.1. The number of hydrogen-bond donors (Lipinski definition) is 2. The SMILES string of the molecule is CC.CCC.O=C(O)c1cc(C(F)(F)F)cc2c1CCN(C(=O)C1CCC(NC3CCOCC3)C1)C2. The number of amides is 1. The summed E-state index contributed by atoms with van der Waals surface area (Å²) in [5, 5.41) is 13.0. The van der Waals surface area contributed by atoms with Crippen LogP contribution in [0.4, 0.5) is 13.2 Å². The van der Waals surface area contributed by atoms with E-state index in [-0.39, 0.29) is 42.0 Å². The van der Waals surface area contributed by atoms with Gasteiger partial charge in [-0.1, -0.05) is 34.1 Å². The minimum absolute atomic E-state index is 0.0208. The molecule has 2 atom stereocenters. The molecular formula is C27H41F3N2O4. The van der Waals surface area contributed by atoms with Crippen molar-refractivity contribution in [2.24, 2.45) is 5.92 Å². The molecule has 3 aliphatic rings. The van der Waals surface area contributed by atoms with Gasteiger partial charge in [-0.15, -0.1) is 0 Å². The van der Waals surface area contributed by atoms with Crippen LogP contribution in [-0.2, 0) is 28.7 Å². The maximum atomic E-state index is 13.2. The van der Waals surface area contributed by atoms with E-state index in [1.54, 1.807) is 4.90 Å². The quantitative estimate of drug-likeness (QED) is 0.542. The summed E-state index contributed by atoms with van der Waals surface area (Å²) in [5.41, 5.74) is -0.630. The third-order valence-corrected chi connectivity index (χ3v) is 6.68. The molecular weight excluding hydrogens is 473 g/mol. The van der Waals surface area contributed by atoms with Crippen LogP contribution in [0.5, 0.6) is 0 Å². The summed E-state index contributed by atoms with van der Waals surface area (Å²) in [7, 11) is 0. The number of alkyl halides is 3. The molecule has 1 amide bonds. The topological polar surface area (TPSA) is 78.9 Å². The first-order chi connectivity index (χ1) is 17.1. The van der Waals surface area contributed by atoms with Gasteiger partial charge in [-0.05, 0) is 61.8 Å². The van der Waals surface area contributed by atoms with E-state index in [4.69, 9.17) is 4.74 Å². The van der Waals surface area contributed by atoms with Gasteiger partial charge in [0.05, 0.1) is 11.1 Å². The third kappa shape index (κ3) is 7.93. The number of nitrogens with one attached hydrogen (secondary N) is 1. The van der Waals surface area contributed by atoms with Crippen LogP contribution >= 0.6 is 0 Å². The molecule has 2 fully saturated rings. The number of aromatic carboxylic acids is 1. The number of hydrogen-bond acceptors (Lipinski definition) is 4. The van der Waals surface area contributed by atoms with E-state index < -0.39 is 17.7 Å². The van der Waals surface area contributed by atoms with Gasteiger partial charge in [-0.3, -0.25) is 4.79 Å². The number of fused-ring (bicyclic) bond motifs is 1. The molecule has 0 bridgehead atoms. The molecule has 1 aliphatic carbocycles. The number of rotatable bonds is 4. The van der Waals surface area contributed by atoms with Gasteiger partial charge in [0.15, 0.2) is 0 Å². The first kappa shape index (κ1) is 30.1. The number of carboxylic acid groups (broad SMARTS) is 1. The van der Waals surface area contributed by atoms with Crippen molar-refractivity contribution in [2.75, 3.05) is 19.8 Å². The normalized spacial score (nSPS) is 22.0. The van der Waals surface area contributed by atoms with Crippen molar-refractivity contribution in [1.82, 2.24) is 10.2 Å². The van der Waals surface area contributed by atoms with Gasteiger partial charge >= 0.3 is 12.1 Å². The number of nitrogens with zero attached hydrogens (tertiary/aromatic N) is 1. The highest BCUT2D eigenvalue weighted by Crippen LogP contribution is 2.35. The largest absolute Gasteiger partial charge is 0.478 e. The molecule has 36 heavy (non-hydrogen) atoms. The fraction of sp³-hybridized carbons (Fsp3) is 0.704. The second kappa shape index (κ2) is 14.0. The molecule has 1 saturated heterocycles. The molecule has 2 heterocycles. The average molecular weight is 515 g/mol. The number of halogens is 3. The standard InChI is InChI=1S/C22H27F3N2O4.C3H8.C2H6/c23-22(24,25)15-9-14-12-27(6-3-18(14)19(11-15)21(29)30)20(28)13-1-2-17(10-13)26-16-4-7-31-8-5-16;1-3-2;1-2/h9,11,13,16-17,26H,1-8,10,12H2,(H,29,30);3H2,1-2H3;1-2H3. The number of carbonyl (C=O) groups is 2. The van der Waals surface area contributed by atoms with Crippen molar-refractivity contribution < 1.29 is 32.6 Å². The van der Waals surface area contributed by atoms with E-state index in [2.05, 4.69) is 19.2 Å². The Balaban J connectivity index is 0.000000850. The Morgan fingerprint density at radius 2 is 1.72 bits per heavy atom. The van der Waals surface area contributed by atoms with Crippen molar-refractivity contribution in [2.45, 2.75) is 97.4 Å². The van der Waals surface area contributed by atoms with Gasteiger partial charge in [0, 0.05) is 44.3 Å². The Hall–Kier alpha value is -2.13. The molecule has 0 radical (unpaired) electrons. The summed E-state index contributed by atoms with van der Waals surface area (Å²) in [4.78, 5) is 26.2. The highest BCUT2D eigenvalue weighted by Gasteiger charge is 2.37. The maximum Gasteiger partial charge on any atom is 0.416 e.